The van der Waals surface area contributed by atoms with Gasteiger partial charge in [-0.2, -0.15) is 5.26 Å². The van der Waals surface area contributed by atoms with E-state index < -0.39 is 24.8 Å². The molecule has 0 N–H and O–H groups in total. The summed E-state index contributed by atoms with van der Waals surface area (Å²) in [5.41, 5.74) is 0. The van der Waals surface area contributed by atoms with Crippen LogP contribution in [0.4, 0.5) is 19.4 Å². The lowest BCUT2D eigenvalue weighted by Crippen LogP contribution is -2.06. The Hall–Kier alpha value is -1.34. The van der Waals surface area contributed by atoms with Gasteiger partial charge in [-0.3, -0.25) is 0 Å². The zero-order valence-corrected chi connectivity index (χ0v) is 10.5. The van der Waals surface area contributed by atoms with E-state index in [1.165, 1.54) is 6.19 Å². The first-order chi connectivity index (χ1) is 7.76. The van der Waals surface area contributed by atoms with E-state index in [1.807, 2.05) is 0 Å². The van der Waals surface area contributed by atoms with Gasteiger partial charge in [-0.25, -0.2) is 4.21 Å². The van der Waals surface area contributed by atoms with E-state index >= 15 is 0 Å². The highest BCUT2D eigenvalue weighted by Crippen LogP contribution is 3.02. The molecule has 0 spiro atoms. The van der Waals surface area contributed by atoms with Crippen LogP contribution in [0.5, 0.6) is 0 Å². The van der Waals surface area contributed by atoms with Gasteiger partial charge in [-0.05, 0) is 24.3 Å². The highest BCUT2D eigenvalue weighted by atomic mass is 32.5. The zero-order valence-electron chi connectivity index (χ0n) is 8.82. The Labute approximate surface area is 100 Å². The predicted molar refractivity (Wildman–Crippen MR) is 58.2 cm³/mol. The number of nitrogens with zero attached hydrogens (tertiary/aromatic N) is 2. The zero-order chi connectivity index (χ0) is 14.3. The van der Waals surface area contributed by atoms with Crippen molar-refractivity contribution in [3.63, 3.8) is 0 Å². The average Bonchev–Trinajstić information content (AvgIpc) is 2.14. The van der Waals surface area contributed by atoms with Crippen molar-refractivity contribution in [2.45, 2.75) is 9.79 Å². The molecule has 18 heavy (non-hydrogen) atoms. The summed E-state index contributed by atoms with van der Waals surface area (Å²) in [6.45, 7) is 0. The van der Waals surface area contributed by atoms with E-state index in [0.717, 1.165) is 6.26 Å². The molecule has 0 amide bonds. The summed E-state index contributed by atoms with van der Waals surface area (Å²) in [6.07, 6.45) is 2.27. The fraction of sp³-hybridized carbons (Fsp3) is 0.125. The van der Waals surface area contributed by atoms with Crippen molar-refractivity contribution >= 4 is 20.0 Å². The van der Waals surface area contributed by atoms with Crippen LogP contribution in [-0.2, 0) is 9.73 Å². The molecule has 10 heteroatoms. The fourth-order valence-electron chi connectivity index (χ4n) is 1.08. The Bertz CT molecular complexity index is 635. The molecule has 102 valence electrons. The van der Waals surface area contributed by atoms with E-state index in [-0.39, 0.29) is 17.0 Å². The summed E-state index contributed by atoms with van der Waals surface area (Å²) in [4.78, 5) is -2.31. The highest BCUT2D eigenvalue weighted by Gasteiger charge is 2.65. The minimum Gasteiger partial charge on any atom is -0.244 e. The lowest BCUT2D eigenvalue weighted by atomic mass is 10.4. The van der Waals surface area contributed by atoms with Gasteiger partial charge in [0.15, 0.2) is 0 Å². The second kappa shape index (κ2) is 3.36. The van der Waals surface area contributed by atoms with E-state index in [4.69, 9.17) is 5.26 Å². The number of halogens is 5. The summed E-state index contributed by atoms with van der Waals surface area (Å²) < 4.78 is 76.6. The molecule has 0 saturated heterocycles. The van der Waals surface area contributed by atoms with Crippen LogP contribution in [0.1, 0.15) is 0 Å². The molecule has 1 rings (SSSR count). The maximum atomic E-state index is 12.4. The standard InChI is InChI=1S/C8H7F5N2OS2/c1-17(16,15-6-14)7-2-4-8(5-3-7)18(9,10,11,12)13/h2-5H,1H3. The summed E-state index contributed by atoms with van der Waals surface area (Å²) in [5, 5.41) is 8.24. The number of hydrogen-bond donors (Lipinski definition) is 0. The third kappa shape index (κ3) is 3.33. The first-order valence-corrected chi connectivity index (χ1v) is 8.08. The van der Waals surface area contributed by atoms with Crippen molar-refractivity contribution in [2.24, 2.45) is 4.36 Å². The first-order valence-electron chi connectivity index (χ1n) is 4.21. The summed E-state index contributed by atoms with van der Waals surface area (Å²) in [6, 6.07) is 1.51. The highest BCUT2D eigenvalue weighted by molar-refractivity contribution is 8.45. The Morgan fingerprint density at radius 2 is 1.61 bits per heavy atom. The topological polar surface area (TPSA) is 53.2 Å². The van der Waals surface area contributed by atoms with Crippen molar-refractivity contribution in [1.82, 2.24) is 0 Å². The average molecular weight is 306 g/mol. The SMILES string of the molecule is CS(=O)(=NC#N)c1ccc(S(F)(F)(F)(F)F)cc1. The second-order valence-electron chi connectivity index (χ2n) is 3.43. The van der Waals surface area contributed by atoms with Gasteiger partial charge in [0, 0.05) is 11.2 Å². The quantitative estimate of drug-likeness (QED) is 0.605. The van der Waals surface area contributed by atoms with E-state index in [2.05, 4.69) is 4.36 Å². The number of rotatable bonds is 2. The molecule has 0 heterocycles. The lowest BCUT2D eigenvalue weighted by Gasteiger charge is -2.40. The fourth-order valence-corrected chi connectivity index (χ4v) is 2.63. The van der Waals surface area contributed by atoms with E-state index in [0.29, 0.717) is 12.1 Å². The van der Waals surface area contributed by atoms with Gasteiger partial charge in [-0.15, -0.1) is 4.36 Å². The first kappa shape index (κ1) is 14.7. The van der Waals surface area contributed by atoms with Crippen LogP contribution < -0.4 is 0 Å². The molecule has 1 unspecified atom stereocenters. The molecule has 0 aromatic heterocycles. The molecular formula is C8H7F5N2OS2. The van der Waals surface area contributed by atoms with Gasteiger partial charge >= 0.3 is 10.2 Å². The maximum Gasteiger partial charge on any atom is 0.310 e. The molecule has 1 aromatic carbocycles. The molecule has 0 aliphatic rings. The van der Waals surface area contributed by atoms with Crippen LogP contribution in [0.25, 0.3) is 0 Å². The second-order valence-corrected chi connectivity index (χ2v) is 8.10. The van der Waals surface area contributed by atoms with Crippen LogP contribution in [0.3, 0.4) is 0 Å². The molecular weight excluding hydrogens is 299 g/mol. The minimum absolute atomic E-state index is 0.132. The molecule has 1 aromatic rings. The van der Waals surface area contributed by atoms with Crippen LogP contribution in [-0.4, -0.2) is 10.5 Å². The molecule has 3 nitrogen and oxygen atoms in total. The van der Waals surface area contributed by atoms with Crippen LogP contribution in [0.2, 0.25) is 0 Å². The molecule has 0 fully saturated rings. The van der Waals surface area contributed by atoms with Crippen molar-refractivity contribution in [2.75, 3.05) is 6.26 Å². The summed E-state index contributed by atoms with van der Waals surface area (Å²) in [7, 11) is -12.9. The number of nitriles is 1. The number of benzene rings is 1. The van der Waals surface area contributed by atoms with Crippen LogP contribution >= 0.6 is 10.2 Å². The molecule has 0 aliphatic carbocycles. The third-order valence-electron chi connectivity index (χ3n) is 1.92. The smallest absolute Gasteiger partial charge is 0.244 e. The van der Waals surface area contributed by atoms with Crippen molar-refractivity contribution in [1.29, 1.82) is 5.26 Å². The summed E-state index contributed by atoms with van der Waals surface area (Å²) in [5.74, 6) is 0. The lowest BCUT2D eigenvalue weighted by molar-refractivity contribution is 0.364. The number of hydrogen-bond acceptors (Lipinski definition) is 3. The molecule has 1 atom stereocenters. The molecule has 0 saturated carbocycles. The van der Waals surface area contributed by atoms with Crippen LogP contribution in [0, 0.1) is 11.5 Å². The van der Waals surface area contributed by atoms with Crippen molar-refractivity contribution < 1.29 is 23.6 Å². The van der Waals surface area contributed by atoms with Crippen molar-refractivity contribution in [3.8, 4) is 6.19 Å². The Morgan fingerprint density at radius 1 is 1.17 bits per heavy atom. The van der Waals surface area contributed by atoms with Crippen molar-refractivity contribution in [3.05, 3.63) is 24.3 Å². The summed E-state index contributed by atoms with van der Waals surface area (Å²) >= 11 is 0. The minimum atomic E-state index is -9.73. The Kier molecular flexibility index (Phi) is 2.75. The normalized spacial score (nSPS) is 18.9. The third-order valence-corrected chi connectivity index (χ3v) is 4.66. The van der Waals surface area contributed by atoms with Gasteiger partial charge in [0.2, 0.25) is 6.19 Å². The van der Waals surface area contributed by atoms with E-state index in [1.54, 1.807) is 0 Å². The maximum absolute atomic E-state index is 12.4. The van der Waals surface area contributed by atoms with Gasteiger partial charge in [0.25, 0.3) is 0 Å². The Balaban J connectivity index is 3.41. The monoisotopic (exact) mass is 306 g/mol. The Morgan fingerprint density at radius 3 is 1.94 bits per heavy atom. The van der Waals surface area contributed by atoms with Crippen LogP contribution in [0.15, 0.2) is 38.4 Å². The predicted octanol–water partition coefficient (Wildman–Crippen LogP) is 4.28. The van der Waals surface area contributed by atoms with Gasteiger partial charge in [0.05, 0.1) is 9.73 Å². The van der Waals surface area contributed by atoms with Gasteiger partial charge < -0.3 is 0 Å². The van der Waals surface area contributed by atoms with E-state index in [9.17, 15) is 23.6 Å². The molecule has 0 bridgehead atoms. The molecule has 0 radical (unpaired) electrons. The molecule has 0 aliphatic heterocycles. The largest absolute Gasteiger partial charge is 0.310 e. The van der Waals surface area contributed by atoms with Gasteiger partial charge in [-0.1, -0.05) is 19.4 Å². The van der Waals surface area contributed by atoms with Gasteiger partial charge in [0.1, 0.15) is 4.90 Å².